The Balaban J connectivity index is 2.51. The number of amides is 3. The zero-order chi connectivity index (χ0) is 15.1. The lowest BCUT2D eigenvalue weighted by Crippen LogP contribution is -2.52. The molecule has 0 bridgehead atoms. The van der Waals surface area contributed by atoms with Crippen molar-refractivity contribution in [2.24, 2.45) is 5.73 Å². The fraction of sp³-hybridized carbons (Fsp3) is 0.750. The van der Waals surface area contributed by atoms with Gasteiger partial charge in [0.05, 0.1) is 6.42 Å². The largest absolute Gasteiger partial charge is 0.480 e. The van der Waals surface area contributed by atoms with E-state index in [9.17, 15) is 14.4 Å². The highest BCUT2D eigenvalue weighted by molar-refractivity contribution is 7.99. The van der Waals surface area contributed by atoms with Crippen molar-refractivity contribution in [3.63, 3.8) is 0 Å². The summed E-state index contributed by atoms with van der Waals surface area (Å²) >= 11 is 1.70. The molecule has 0 aromatic rings. The van der Waals surface area contributed by atoms with Crippen molar-refractivity contribution in [2.75, 3.05) is 6.26 Å². The minimum Gasteiger partial charge on any atom is -0.480 e. The van der Waals surface area contributed by atoms with Crippen LogP contribution in [0.1, 0.15) is 32.1 Å². The molecular weight excluding hydrogens is 282 g/mol. The van der Waals surface area contributed by atoms with E-state index in [1.54, 1.807) is 11.8 Å². The summed E-state index contributed by atoms with van der Waals surface area (Å²) in [4.78, 5) is 33.5. The highest BCUT2D eigenvalue weighted by atomic mass is 32.2. The molecule has 1 saturated carbocycles. The van der Waals surface area contributed by atoms with Crippen molar-refractivity contribution in [2.45, 2.75) is 49.4 Å². The van der Waals surface area contributed by atoms with E-state index in [4.69, 9.17) is 10.8 Å². The summed E-state index contributed by atoms with van der Waals surface area (Å²) in [7, 11) is 0. The van der Waals surface area contributed by atoms with Gasteiger partial charge in [0.25, 0.3) is 0 Å². The maximum absolute atomic E-state index is 11.8. The molecular formula is C12H21N3O4S. The molecule has 3 unspecified atom stereocenters. The maximum Gasteiger partial charge on any atom is 0.326 e. The van der Waals surface area contributed by atoms with E-state index in [1.165, 1.54) is 0 Å². The molecule has 114 valence electrons. The van der Waals surface area contributed by atoms with Crippen LogP contribution in [0.3, 0.4) is 0 Å². The molecule has 0 aromatic heterocycles. The second-order valence-corrected chi connectivity index (χ2v) is 5.92. The number of hydrogen-bond acceptors (Lipinski definition) is 4. The van der Waals surface area contributed by atoms with Crippen molar-refractivity contribution in [1.82, 2.24) is 10.6 Å². The van der Waals surface area contributed by atoms with Gasteiger partial charge < -0.3 is 21.5 Å². The number of urea groups is 1. The molecule has 5 N–H and O–H groups in total. The lowest BCUT2D eigenvalue weighted by Gasteiger charge is -2.31. The Morgan fingerprint density at radius 2 is 2.00 bits per heavy atom. The van der Waals surface area contributed by atoms with Gasteiger partial charge in [-0.25, -0.2) is 9.59 Å². The van der Waals surface area contributed by atoms with Crippen LogP contribution in [0.25, 0.3) is 0 Å². The fourth-order valence-electron chi connectivity index (χ4n) is 2.31. The molecule has 7 nitrogen and oxygen atoms in total. The van der Waals surface area contributed by atoms with Gasteiger partial charge in [-0.3, -0.25) is 4.79 Å². The third kappa shape index (κ3) is 5.28. The van der Waals surface area contributed by atoms with Gasteiger partial charge >= 0.3 is 12.0 Å². The third-order valence-electron chi connectivity index (χ3n) is 3.33. The number of primary amides is 1. The van der Waals surface area contributed by atoms with Crippen LogP contribution >= 0.6 is 11.8 Å². The number of carboxylic acids is 1. The monoisotopic (exact) mass is 303 g/mol. The average Bonchev–Trinajstić information content (AvgIpc) is 2.37. The van der Waals surface area contributed by atoms with Crippen molar-refractivity contribution in [3.8, 4) is 0 Å². The Bertz CT molecular complexity index is 378. The summed E-state index contributed by atoms with van der Waals surface area (Å²) in [6.07, 6.45) is 5.69. The third-order valence-corrected chi connectivity index (χ3v) is 4.50. The van der Waals surface area contributed by atoms with Crippen molar-refractivity contribution >= 4 is 29.7 Å². The summed E-state index contributed by atoms with van der Waals surface area (Å²) in [6.45, 7) is 0. The number of hydrogen-bond donors (Lipinski definition) is 4. The molecule has 0 aromatic carbocycles. The van der Waals surface area contributed by atoms with Crippen LogP contribution in [0.2, 0.25) is 0 Å². The smallest absolute Gasteiger partial charge is 0.326 e. The van der Waals surface area contributed by atoms with Gasteiger partial charge in [0.1, 0.15) is 6.04 Å². The molecule has 1 rings (SSSR count). The van der Waals surface area contributed by atoms with Gasteiger partial charge in [0, 0.05) is 11.3 Å². The number of aliphatic carboxylic acids is 1. The number of carbonyl (C=O) groups excluding carboxylic acids is 2. The number of nitrogens with two attached hydrogens (primary N) is 1. The lowest BCUT2D eigenvalue weighted by molar-refractivity contribution is -0.140. The van der Waals surface area contributed by atoms with Crippen LogP contribution in [0.15, 0.2) is 0 Å². The molecule has 0 radical (unpaired) electrons. The highest BCUT2D eigenvalue weighted by Gasteiger charge is 2.28. The molecule has 1 aliphatic rings. The molecule has 8 heteroatoms. The number of carboxylic acid groups (broad SMARTS) is 1. The first-order valence-electron chi connectivity index (χ1n) is 6.55. The van der Waals surface area contributed by atoms with E-state index in [-0.39, 0.29) is 6.04 Å². The highest BCUT2D eigenvalue weighted by Crippen LogP contribution is 2.26. The van der Waals surface area contributed by atoms with Crippen molar-refractivity contribution in [3.05, 3.63) is 0 Å². The van der Waals surface area contributed by atoms with Crippen LogP contribution < -0.4 is 16.4 Å². The van der Waals surface area contributed by atoms with Gasteiger partial charge in [-0.05, 0) is 19.1 Å². The second kappa shape index (κ2) is 7.98. The number of nitrogens with one attached hydrogen (secondary N) is 2. The van der Waals surface area contributed by atoms with Gasteiger partial charge in [-0.2, -0.15) is 11.8 Å². The lowest BCUT2D eigenvalue weighted by atomic mass is 9.95. The van der Waals surface area contributed by atoms with E-state index in [1.807, 2.05) is 6.26 Å². The number of carbonyl (C=O) groups is 3. The van der Waals surface area contributed by atoms with Gasteiger partial charge in [-0.15, -0.1) is 0 Å². The molecule has 0 aliphatic heterocycles. The van der Waals surface area contributed by atoms with Crippen LogP contribution in [-0.2, 0) is 9.59 Å². The molecule has 1 fully saturated rings. The summed E-state index contributed by atoms with van der Waals surface area (Å²) < 4.78 is 0. The Kier molecular flexibility index (Phi) is 6.63. The zero-order valence-electron chi connectivity index (χ0n) is 11.4. The molecule has 1 aliphatic carbocycles. The minimum atomic E-state index is -1.29. The second-order valence-electron chi connectivity index (χ2n) is 4.84. The summed E-state index contributed by atoms with van der Waals surface area (Å²) in [5.74, 6) is -2.04. The van der Waals surface area contributed by atoms with Gasteiger partial charge in [0.2, 0.25) is 5.91 Å². The topological polar surface area (TPSA) is 122 Å². The van der Waals surface area contributed by atoms with Gasteiger partial charge in [-0.1, -0.05) is 12.8 Å². The van der Waals surface area contributed by atoms with E-state index in [2.05, 4.69) is 10.6 Å². The quantitative estimate of drug-likeness (QED) is 0.562. The maximum atomic E-state index is 11.8. The summed E-state index contributed by atoms with van der Waals surface area (Å²) in [5.41, 5.74) is 4.96. The van der Waals surface area contributed by atoms with Crippen molar-refractivity contribution < 1.29 is 19.5 Å². The van der Waals surface area contributed by atoms with Gasteiger partial charge in [0.15, 0.2) is 0 Å². The predicted octanol–water partition coefficient (Wildman–Crippen LogP) is 0.288. The molecule has 0 saturated heterocycles. The molecule has 3 amide bonds. The van der Waals surface area contributed by atoms with E-state index < -0.39 is 30.4 Å². The Labute approximate surface area is 122 Å². The van der Waals surface area contributed by atoms with Crippen LogP contribution in [0.5, 0.6) is 0 Å². The normalized spacial score (nSPS) is 23.6. The number of thioether (sulfide) groups is 1. The van der Waals surface area contributed by atoms with Crippen molar-refractivity contribution in [1.29, 1.82) is 0 Å². The van der Waals surface area contributed by atoms with E-state index in [0.717, 1.165) is 25.7 Å². The van der Waals surface area contributed by atoms with E-state index >= 15 is 0 Å². The first kappa shape index (κ1) is 16.6. The average molecular weight is 303 g/mol. The van der Waals surface area contributed by atoms with Crippen LogP contribution in [0.4, 0.5) is 4.79 Å². The Morgan fingerprint density at radius 3 is 2.55 bits per heavy atom. The summed E-state index contributed by atoms with van der Waals surface area (Å²) in [6, 6.07) is -1.82. The molecule has 3 atom stereocenters. The molecule has 0 heterocycles. The fourth-order valence-corrected chi connectivity index (χ4v) is 3.25. The first-order chi connectivity index (χ1) is 9.43. The molecule has 20 heavy (non-hydrogen) atoms. The zero-order valence-corrected chi connectivity index (χ0v) is 12.2. The SMILES string of the molecule is CSC1CCCCC1NC(=O)NC(CC(N)=O)C(=O)O. The van der Waals surface area contributed by atoms with Crippen LogP contribution in [-0.4, -0.2) is 46.6 Å². The Morgan fingerprint density at radius 1 is 1.35 bits per heavy atom. The Hall–Kier alpha value is -1.44. The molecule has 0 spiro atoms. The van der Waals surface area contributed by atoms with E-state index in [0.29, 0.717) is 5.25 Å². The van der Waals surface area contributed by atoms with Crippen LogP contribution in [0, 0.1) is 0 Å². The standard InChI is InChI=1S/C12H21N3O4S/c1-20-9-5-3-2-4-7(9)14-12(19)15-8(11(17)18)6-10(13)16/h7-9H,2-6H2,1H3,(H2,13,16)(H,17,18)(H2,14,15,19). The summed E-state index contributed by atoms with van der Waals surface area (Å²) in [5, 5.41) is 14.3. The number of rotatable bonds is 6. The first-order valence-corrected chi connectivity index (χ1v) is 7.83. The predicted molar refractivity (Wildman–Crippen MR) is 76.5 cm³/mol. The minimum absolute atomic E-state index is 0.0294.